The van der Waals surface area contributed by atoms with Crippen molar-refractivity contribution >= 4 is 35.0 Å². The van der Waals surface area contributed by atoms with E-state index in [1.165, 1.54) is 18.3 Å². The Balaban J connectivity index is 1.06. The van der Waals surface area contributed by atoms with Crippen molar-refractivity contribution in [1.82, 2.24) is 45.2 Å². The van der Waals surface area contributed by atoms with Crippen molar-refractivity contribution in [2.75, 3.05) is 51.7 Å². The monoisotopic (exact) mass is 686 g/mol. The molecule has 6 rings (SSSR count). The number of amides is 3. The average Bonchev–Trinajstić information content (AvgIpc) is 3.76. The van der Waals surface area contributed by atoms with Crippen LogP contribution >= 0.6 is 11.6 Å². The molecule has 2 fully saturated rings. The second kappa shape index (κ2) is 13.6. The maximum atomic E-state index is 13.8. The number of nitrogens with one attached hydrogen (secondary N) is 3. The van der Waals surface area contributed by atoms with Gasteiger partial charge in [-0.2, -0.15) is 18.3 Å². The van der Waals surface area contributed by atoms with Gasteiger partial charge in [0.2, 0.25) is 5.91 Å². The number of rotatable bonds is 7. The number of morpholine rings is 1. The molecule has 18 heteroatoms. The van der Waals surface area contributed by atoms with Crippen molar-refractivity contribution in [2.24, 2.45) is 0 Å². The van der Waals surface area contributed by atoms with Crippen LogP contribution in [0.3, 0.4) is 0 Å². The molecule has 3 amide bonds. The molecule has 0 saturated carbocycles. The number of alkyl halides is 3. The molecule has 2 aliphatic rings. The third kappa shape index (κ3) is 7.12. The molecule has 0 spiro atoms. The number of carbonyl (C=O) groups excluding carboxylic acids is 3. The largest absolute Gasteiger partial charge is 0.435 e. The van der Waals surface area contributed by atoms with Gasteiger partial charge in [-0.3, -0.25) is 14.4 Å². The van der Waals surface area contributed by atoms with E-state index in [1.54, 1.807) is 28.0 Å². The second-order valence-electron chi connectivity index (χ2n) is 11.1. The normalized spacial score (nSPS) is 17.0. The summed E-state index contributed by atoms with van der Waals surface area (Å²) in [7, 11) is 0. The number of nitrogen functional groups attached to an aromatic ring is 1. The molecule has 1 atom stereocenters. The van der Waals surface area contributed by atoms with Crippen molar-refractivity contribution in [3.8, 4) is 17.1 Å². The van der Waals surface area contributed by atoms with Gasteiger partial charge in [-0.1, -0.05) is 17.7 Å². The number of nitrogens with two attached hydrogens (primary N) is 1. The zero-order valence-corrected chi connectivity index (χ0v) is 26.0. The number of anilines is 1. The Morgan fingerprint density at radius 3 is 2.50 bits per heavy atom. The molecule has 1 aromatic carbocycles. The highest BCUT2D eigenvalue weighted by Gasteiger charge is 2.38. The Bertz CT molecular complexity index is 1810. The number of carbonyl (C=O) groups is 3. The Morgan fingerprint density at radius 1 is 1.06 bits per heavy atom. The topological polar surface area (TPSA) is 176 Å². The van der Waals surface area contributed by atoms with Crippen molar-refractivity contribution in [3.63, 3.8) is 0 Å². The summed E-state index contributed by atoms with van der Waals surface area (Å²) in [6.07, 6.45) is -1.27. The summed E-state index contributed by atoms with van der Waals surface area (Å²) in [5, 5.41) is 9.62. The number of piperazine rings is 1. The minimum Gasteiger partial charge on any atom is -0.397 e. The highest BCUT2D eigenvalue weighted by atomic mass is 35.5. The first kappa shape index (κ1) is 32.9. The molecule has 4 aromatic rings. The van der Waals surface area contributed by atoms with E-state index in [2.05, 4.69) is 30.7 Å². The molecular weight excluding hydrogens is 657 g/mol. The van der Waals surface area contributed by atoms with Crippen LogP contribution in [0.25, 0.3) is 17.1 Å². The van der Waals surface area contributed by atoms with E-state index in [4.69, 9.17) is 22.1 Å². The zero-order valence-electron chi connectivity index (χ0n) is 25.3. The number of nitrogens with zero attached hydrogens (tertiary/aromatic N) is 6. The minimum absolute atomic E-state index is 0.00268. The van der Waals surface area contributed by atoms with Gasteiger partial charge >= 0.3 is 6.18 Å². The number of hydrogen-bond acceptors (Lipinski definition) is 9. The Morgan fingerprint density at radius 2 is 1.83 bits per heavy atom. The molecule has 0 unspecified atom stereocenters. The van der Waals surface area contributed by atoms with E-state index in [9.17, 15) is 27.6 Å². The van der Waals surface area contributed by atoms with E-state index in [1.807, 2.05) is 0 Å². The number of hydrogen-bond donors (Lipinski definition) is 4. The molecule has 3 aromatic heterocycles. The fourth-order valence-electron chi connectivity index (χ4n) is 5.36. The smallest absolute Gasteiger partial charge is 0.397 e. The summed E-state index contributed by atoms with van der Waals surface area (Å²) in [5.41, 5.74) is 5.20. The van der Waals surface area contributed by atoms with E-state index < -0.39 is 17.8 Å². The Labute approximate surface area is 276 Å². The fraction of sp³-hybridized carbons (Fsp3) is 0.333. The number of H-pyrrole nitrogens is 1. The summed E-state index contributed by atoms with van der Waals surface area (Å²) >= 11 is 6.46. The van der Waals surface area contributed by atoms with Crippen molar-refractivity contribution in [2.45, 2.75) is 18.8 Å². The number of aromatic nitrogens is 5. The molecule has 0 aliphatic carbocycles. The van der Waals surface area contributed by atoms with E-state index >= 15 is 0 Å². The lowest BCUT2D eigenvalue weighted by molar-refractivity contribution is -0.141. The van der Waals surface area contributed by atoms with Crippen molar-refractivity contribution in [1.29, 1.82) is 0 Å². The molecular formula is C30H30ClF3N10O4. The number of imidazole rings is 1. The van der Waals surface area contributed by atoms with E-state index in [0.29, 0.717) is 57.2 Å². The van der Waals surface area contributed by atoms with Gasteiger partial charge in [0.25, 0.3) is 11.8 Å². The van der Waals surface area contributed by atoms with Gasteiger partial charge in [-0.25, -0.2) is 14.6 Å². The zero-order chi connectivity index (χ0) is 34.0. The highest BCUT2D eigenvalue weighted by Crippen LogP contribution is 2.36. The standard InChI is InChI=1S/C30H30ClF3N10O4/c31-21-11-17(1-3-19(21)28(46)42-6-8-43(9-7-42)29(47)23-16-48-10-5-36-23)12-39-27(45)26-38-14-22(40-26)20-15-44(41-25(20)30(32,33)34)24-4-2-18(35)13-37-24/h1-4,11,13-15,23,36H,5-10,12,16,35H2,(H,38,40)(H,39,45)/t23-/m0/s1. The van der Waals surface area contributed by atoms with Crippen molar-refractivity contribution < 1.29 is 32.3 Å². The van der Waals surface area contributed by atoms with Gasteiger partial charge in [-0.15, -0.1) is 0 Å². The van der Waals surface area contributed by atoms with Gasteiger partial charge < -0.3 is 35.9 Å². The third-order valence-electron chi connectivity index (χ3n) is 7.88. The second-order valence-corrected chi connectivity index (χ2v) is 11.5. The Kier molecular flexibility index (Phi) is 9.34. The van der Waals surface area contributed by atoms with Crippen LogP contribution in [0.1, 0.15) is 32.2 Å². The van der Waals surface area contributed by atoms with Gasteiger partial charge in [0.15, 0.2) is 17.3 Å². The average molecular weight is 687 g/mol. The Hall–Kier alpha value is -5.00. The number of pyridine rings is 1. The van der Waals surface area contributed by atoms with Gasteiger partial charge in [0.1, 0.15) is 6.04 Å². The fourth-order valence-corrected chi connectivity index (χ4v) is 5.64. The molecule has 2 aliphatic heterocycles. The van der Waals surface area contributed by atoms with Crippen LogP contribution in [0.15, 0.2) is 48.9 Å². The van der Waals surface area contributed by atoms with Crippen molar-refractivity contribution in [3.05, 3.63) is 76.6 Å². The quantitative estimate of drug-likeness (QED) is 0.227. The molecule has 5 N–H and O–H groups in total. The first-order valence-corrected chi connectivity index (χ1v) is 15.3. The van der Waals surface area contributed by atoms with Crippen LogP contribution < -0.4 is 16.4 Å². The van der Waals surface area contributed by atoms with Crippen LogP contribution in [0.4, 0.5) is 18.9 Å². The first-order chi connectivity index (χ1) is 23.0. The van der Waals surface area contributed by atoms with E-state index in [-0.39, 0.29) is 57.9 Å². The molecule has 0 bridgehead atoms. The summed E-state index contributed by atoms with van der Waals surface area (Å²) in [6.45, 7) is 2.97. The molecule has 5 heterocycles. The minimum atomic E-state index is -4.80. The van der Waals surface area contributed by atoms with Crippen LogP contribution in [0, 0.1) is 0 Å². The lowest BCUT2D eigenvalue weighted by Gasteiger charge is -2.37. The van der Waals surface area contributed by atoms with Crippen LogP contribution in [-0.2, 0) is 22.3 Å². The SMILES string of the molecule is Nc1ccc(-n2cc(-c3cnc(C(=O)NCc4ccc(C(=O)N5CCN(C(=O)[C@@H]6COCCN6)CC5)c(Cl)c4)[nH]3)c(C(F)(F)F)n2)nc1. The lowest BCUT2D eigenvalue weighted by Crippen LogP contribution is -2.57. The van der Waals surface area contributed by atoms with E-state index in [0.717, 1.165) is 17.1 Å². The van der Waals surface area contributed by atoms with Crippen LogP contribution in [0.5, 0.6) is 0 Å². The molecule has 252 valence electrons. The molecule has 2 saturated heterocycles. The summed E-state index contributed by atoms with van der Waals surface area (Å²) < 4.78 is 47.9. The first-order valence-electron chi connectivity index (χ1n) is 14.9. The maximum absolute atomic E-state index is 13.8. The third-order valence-corrected chi connectivity index (χ3v) is 8.20. The van der Waals surface area contributed by atoms with Gasteiger partial charge in [0.05, 0.1) is 53.1 Å². The van der Waals surface area contributed by atoms with Crippen LogP contribution in [-0.4, -0.2) is 104 Å². The predicted molar refractivity (Wildman–Crippen MR) is 166 cm³/mol. The highest BCUT2D eigenvalue weighted by molar-refractivity contribution is 6.33. The molecule has 48 heavy (non-hydrogen) atoms. The summed E-state index contributed by atoms with van der Waals surface area (Å²) in [4.78, 5) is 52.7. The number of ether oxygens (including phenoxy) is 1. The van der Waals surface area contributed by atoms with Crippen LogP contribution in [0.2, 0.25) is 5.02 Å². The molecule has 14 nitrogen and oxygen atoms in total. The van der Waals surface area contributed by atoms with Gasteiger partial charge in [-0.05, 0) is 29.8 Å². The number of benzene rings is 1. The number of halogens is 4. The van der Waals surface area contributed by atoms with Gasteiger partial charge in [0, 0.05) is 45.5 Å². The number of aromatic amines is 1. The maximum Gasteiger partial charge on any atom is 0.435 e. The predicted octanol–water partition coefficient (Wildman–Crippen LogP) is 2.11. The molecule has 0 radical (unpaired) electrons. The lowest BCUT2D eigenvalue weighted by atomic mass is 10.1. The summed E-state index contributed by atoms with van der Waals surface area (Å²) in [6, 6.07) is 7.26. The summed E-state index contributed by atoms with van der Waals surface area (Å²) in [5.74, 6) is -1.12.